The first-order valence-corrected chi connectivity index (χ1v) is 13.2. The zero-order valence-corrected chi connectivity index (χ0v) is 21.7. The van der Waals surface area contributed by atoms with Gasteiger partial charge < -0.3 is 19.1 Å². The number of hydrogen-bond donors (Lipinski definition) is 0. The minimum atomic E-state index is -0.874. The molecule has 0 unspecified atom stereocenters. The van der Waals surface area contributed by atoms with Crippen molar-refractivity contribution in [1.29, 1.82) is 0 Å². The zero-order chi connectivity index (χ0) is 26.4. The SMILES string of the molecule is C=C1[C@@H](OC(C)=O)[C@H](n2ncc3c(N4CC5CCC4CC5)nc(Cl)nc32)O[C@@H]1COC(=O)c1ccccc1. The third-order valence-corrected chi connectivity index (χ3v) is 7.81. The van der Waals surface area contributed by atoms with Gasteiger partial charge in [0.25, 0.3) is 0 Å². The first kappa shape index (κ1) is 24.8. The molecule has 0 radical (unpaired) electrons. The van der Waals surface area contributed by atoms with E-state index < -0.39 is 30.4 Å². The summed E-state index contributed by atoms with van der Waals surface area (Å²) in [5.74, 6) is 0.419. The Balaban J connectivity index is 1.29. The van der Waals surface area contributed by atoms with E-state index in [4.69, 9.17) is 25.8 Å². The lowest BCUT2D eigenvalue weighted by atomic mass is 9.80. The number of nitrogens with zero attached hydrogens (tertiary/aromatic N) is 5. The van der Waals surface area contributed by atoms with Gasteiger partial charge in [-0.15, -0.1) is 0 Å². The van der Waals surface area contributed by atoms with Crippen molar-refractivity contribution >= 4 is 40.4 Å². The lowest BCUT2D eigenvalue weighted by Gasteiger charge is -2.46. The maximum atomic E-state index is 12.5. The summed E-state index contributed by atoms with van der Waals surface area (Å²) in [6, 6.07) is 9.08. The summed E-state index contributed by atoms with van der Waals surface area (Å²) in [4.78, 5) is 35.8. The maximum absolute atomic E-state index is 12.5. The van der Waals surface area contributed by atoms with Crippen molar-refractivity contribution in [3.8, 4) is 0 Å². The number of fused-ring (bicyclic) bond motifs is 4. The van der Waals surface area contributed by atoms with Gasteiger partial charge in [-0.1, -0.05) is 24.8 Å². The molecule has 0 amide bonds. The Kier molecular flexibility index (Phi) is 6.53. The molecule has 1 aliphatic carbocycles. The molecule has 38 heavy (non-hydrogen) atoms. The summed E-state index contributed by atoms with van der Waals surface area (Å²) in [6.07, 6.45) is 3.98. The Morgan fingerprint density at radius 1 is 1.16 bits per heavy atom. The third kappa shape index (κ3) is 4.52. The maximum Gasteiger partial charge on any atom is 0.338 e. The van der Waals surface area contributed by atoms with E-state index in [0.29, 0.717) is 28.7 Å². The summed E-state index contributed by atoms with van der Waals surface area (Å²) < 4.78 is 18.9. The fraction of sp³-hybridized carbons (Fsp3) is 0.444. The minimum Gasteiger partial charge on any atom is -0.459 e. The number of benzene rings is 1. The molecule has 1 saturated carbocycles. The van der Waals surface area contributed by atoms with Gasteiger partial charge >= 0.3 is 11.9 Å². The predicted octanol–water partition coefficient (Wildman–Crippen LogP) is 4.10. The normalized spacial score (nSPS) is 26.6. The van der Waals surface area contributed by atoms with Crippen LogP contribution in [0.2, 0.25) is 5.28 Å². The largest absolute Gasteiger partial charge is 0.459 e. The van der Waals surface area contributed by atoms with Crippen molar-refractivity contribution in [3.05, 3.63) is 59.5 Å². The van der Waals surface area contributed by atoms with Crippen molar-refractivity contribution in [2.45, 2.75) is 57.1 Å². The Morgan fingerprint density at radius 2 is 1.92 bits per heavy atom. The summed E-state index contributed by atoms with van der Waals surface area (Å²) in [5, 5.41) is 5.42. The minimum absolute atomic E-state index is 0.0993. The quantitative estimate of drug-likeness (QED) is 0.261. The van der Waals surface area contributed by atoms with Crippen LogP contribution < -0.4 is 4.90 Å². The van der Waals surface area contributed by atoms with E-state index in [0.717, 1.165) is 30.6 Å². The van der Waals surface area contributed by atoms with E-state index in [-0.39, 0.29) is 11.9 Å². The van der Waals surface area contributed by atoms with E-state index in [9.17, 15) is 9.59 Å². The average molecular weight is 538 g/mol. The Bertz CT molecular complexity index is 1390. The highest BCUT2D eigenvalue weighted by Gasteiger charge is 2.44. The second-order valence-electron chi connectivity index (χ2n) is 10.1. The predicted molar refractivity (Wildman–Crippen MR) is 139 cm³/mol. The van der Waals surface area contributed by atoms with Crippen molar-refractivity contribution in [3.63, 3.8) is 0 Å². The summed E-state index contributed by atoms with van der Waals surface area (Å²) in [5.41, 5.74) is 1.36. The Hall–Kier alpha value is -3.50. The van der Waals surface area contributed by atoms with Crippen molar-refractivity contribution in [2.24, 2.45) is 5.92 Å². The highest BCUT2D eigenvalue weighted by Crippen LogP contribution is 2.41. The standard InChI is InChI=1S/C27H28ClN5O5/c1-15-21(14-36-26(35)18-6-4-3-5-7-18)38-25(22(15)37-16(2)34)33-24-20(12-29-33)23(30-27(28)31-24)32-13-17-8-10-19(32)11-9-17/h3-7,12,17,19,21-22,25H,1,8-11,13-14H2,2H3/t17?,19?,21-,22-,25-/m1/s1. The average Bonchev–Trinajstić information content (AvgIpc) is 3.48. The lowest BCUT2D eigenvalue weighted by Crippen LogP contribution is -2.48. The molecule has 1 aromatic carbocycles. The molecule has 3 aromatic rings. The number of esters is 2. The molecular formula is C27H28ClN5O5. The second kappa shape index (κ2) is 9.99. The van der Waals surface area contributed by atoms with Crippen LogP contribution >= 0.6 is 11.6 Å². The smallest absolute Gasteiger partial charge is 0.338 e. The van der Waals surface area contributed by atoms with Crippen LogP contribution in [-0.4, -0.2) is 63.1 Å². The number of anilines is 1. The number of aromatic nitrogens is 4. The summed E-state index contributed by atoms with van der Waals surface area (Å²) in [6.45, 7) is 6.24. The molecule has 198 valence electrons. The van der Waals surface area contributed by atoms with Gasteiger partial charge in [-0.05, 0) is 60.9 Å². The Labute approximate surface area is 224 Å². The van der Waals surface area contributed by atoms with Crippen LogP contribution in [0.1, 0.15) is 49.2 Å². The van der Waals surface area contributed by atoms with Crippen molar-refractivity contribution < 1.29 is 23.8 Å². The van der Waals surface area contributed by atoms with E-state index in [1.165, 1.54) is 19.8 Å². The van der Waals surface area contributed by atoms with Crippen LogP contribution in [0.3, 0.4) is 0 Å². The molecule has 2 bridgehead atoms. The van der Waals surface area contributed by atoms with Gasteiger partial charge in [0.2, 0.25) is 5.28 Å². The van der Waals surface area contributed by atoms with E-state index >= 15 is 0 Å². The van der Waals surface area contributed by atoms with Gasteiger partial charge in [0.15, 0.2) is 18.0 Å². The number of hydrogen-bond acceptors (Lipinski definition) is 9. The van der Waals surface area contributed by atoms with Crippen LogP contribution in [0.25, 0.3) is 11.0 Å². The zero-order valence-electron chi connectivity index (χ0n) is 21.0. The number of halogens is 1. The topological polar surface area (TPSA) is 109 Å². The number of ether oxygens (including phenoxy) is 3. The molecule has 5 heterocycles. The first-order valence-electron chi connectivity index (χ1n) is 12.8. The molecule has 10 nitrogen and oxygen atoms in total. The number of piperidine rings is 2. The number of carbonyl (C=O) groups excluding carboxylic acids is 2. The van der Waals surface area contributed by atoms with Crippen LogP contribution in [0.5, 0.6) is 0 Å². The fourth-order valence-electron chi connectivity index (χ4n) is 5.76. The summed E-state index contributed by atoms with van der Waals surface area (Å²) in [7, 11) is 0. The summed E-state index contributed by atoms with van der Waals surface area (Å²) >= 11 is 6.41. The van der Waals surface area contributed by atoms with Crippen molar-refractivity contribution in [2.75, 3.05) is 18.1 Å². The molecule has 11 heteroatoms. The molecule has 0 N–H and O–H groups in total. The third-order valence-electron chi connectivity index (χ3n) is 7.64. The first-order chi connectivity index (χ1) is 18.4. The molecular weight excluding hydrogens is 510 g/mol. The van der Waals surface area contributed by atoms with Gasteiger partial charge in [0, 0.05) is 19.5 Å². The molecule has 0 spiro atoms. The highest BCUT2D eigenvalue weighted by atomic mass is 35.5. The van der Waals surface area contributed by atoms with E-state index in [1.807, 2.05) is 6.07 Å². The van der Waals surface area contributed by atoms with E-state index in [1.54, 1.807) is 35.1 Å². The van der Waals surface area contributed by atoms with Crippen LogP contribution in [-0.2, 0) is 19.0 Å². The van der Waals surface area contributed by atoms with Gasteiger partial charge in [-0.3, -0.25) is 4.79 Å². The number of carbonyl (C=O) groups is 2. The van der Waals surface area contributed by atoms with Gasteiger partial charge in [0.05, 0.1) is 17.1 Å². The molecule has 3 atom stereocenters. The van der Waals surface area contributed by atoms with Gasteiger partial charge in [0.1, 0.15) is 18.5 Å². The van der Waals surface area contributed by atoms with Gasteiger partial charge in [-0.2, -0.15) is 15.1 Å². The lowest BCUT2D eigenvalue weighted by molar-refractivity contribution is -0.151. The van der Waals surface area contributed by atoms with Crippen LogP contribution in [0.4, 0.5) is 5.82 Å². The second-order valence-corrected chi connectivity index (χ2v) is 10.4. The molecule has 4 aliphatic rings. The molecule has 2 aromatic heterocycles. The molecule has 4 fully saturated rings. The van der Waals surface area contributed by atoms with Crippen LogP contribution in [0.15, 0.2) is 48.7 Å². The van der Waals surface area contributed by atoms with Crippen LogP contribution in [0, 0.1) is 5.92 Å². The van der Waals surface area contributed by atoms with Crippen molar-refractivity contribution in [1.82, 2.24) is 19.7 Å². The van der Waals surface area contributed by atoms with Gasteiger partial charge in [-0.25, -0.2) is 9.48 Å². The molecule has 3 saturated heterocycles. The number of rotatable bonds is 6. The monoisotopic (exact) mass is 537 g/mol. The fourth-order valence-corrected chi connectivity index (χ4v) is 5.92. The molecule has 3 aliphatic heterocycles. The molecule has 7 rings (SSSR count). The van der Waals surface area contributed by atoms with E-state index in [2.05, 4.69) is 26.5 Å². The highest BCUT2D eigenvalue weighted by molar-refractivity contribution is 6.28. The Morgan fingerprint density at radius 3 is 2.61 bits per heavy atom.